The molecule has 1 aliphatic rings. The molecule has 0 aromatic carbocycles. The van der Waals surface area contributed by atoms with Gasteiger partial charge in [0.25, 0.3) is 0 Å². The fourth-order valence-corrected chi connectivity index (χ4v) is 2.45. The van der Waals surface area contributed by atoms with Crippen molar-refractivity contribution in [3.8, 4) is 6.07 Å². The molecule has 1 saturated heterocycles. The maximum Gasteiger partial charge on any atom is 0.163 e. The van der Waals surface area contributed by atoms with Crippen LogP contribution in [0.15, 0.2) is 18.3 Å². The first kappa shape index (κ1) is 9.35. The van der Waals surface area contributed by atoms with Crippen molar-refractivity contribution in [2.24, 2.45) is 0 Å². The first-order chi connectivity index (χ1) is 6.92. The SMILES string of the molecule is N#Cc1ncccc1N1CCSCC1. The standard InChI is InChI=1S/C10H11N3S/c11-8-9-10(2-1-3-12-9)13-4-6-14-7-5-13/h1-3H,4-7H2. The van der Waals surface area contributed by atoms with E-state index in [1.165, 1.54) is 0 Å². The van der Waals surface area contributed by atoms with Gasteiger partial charge in [-0.1, -0.05) is 0 Å². The first-order valence-electron chi connectivity index (χ1n) is 4.59. The Kier molecular flexibility index (Phi) is 2.90. The van der Waals surface area contributed by atoms with Gasteiger partial charge in [-0.15, -0.1) is 0 Å². The van der Waals surface area contributed by atoms with Crippen LogP contribution in [0.1, 0.15) is 5.69 Å². The van der Waals surface area contributed by atoms with E-state index in [1.54, 1.807) is 6.20 Å². The van der Waals surface area contributed by atoms with Crippen molar-refractivity contribution in [3.05, 3.63) is 24.0 Å². The zero-order valence-electron chi connectivity index (χ0n) is 7.81. The molecule has 0 atom stereocenters. The highest BCUT2D eigenvalue weighted by Crippen LogP contribution is 2.21. The Labute approximate surface area is 87.7 Å². The van der Waals surface area contributed by atoms with E-state index in [2.05, 4.69) is 16.0 Å². The second-order valence-electron chi connectivity index (χ2n) is 3.08. The Balaban J connectivity index is 2.26. The quantitative estimate of drug-likeness (QED) is 0.696. The molecule has 14 heavy (non-hydrogen) atoms. The molecule has 0 amide bonds. The summed E-state index contributed by atoms with van der Waals surface area (Å²) in [6.07, 6.45) is 1.67. The van der Waals surface area contributed by atoms with Gasteiger partial charge in [0, 0.05) is 30.8 Å². The molecule has 0 unspecified atom stereocenters. The molecule has 1 aromatic heterocycles. The van der Waals surface area contributed by atoms with E-state index in [-0.39, 0.29) is 0 Å². The second kappa shape index (κ2) is 4.34. The Hall–Kier alpha value is -1.21. The van der Waals surface area contributed by atoms with Crippen molar-refractivity contribution in [2.45, 2.75) is 0 Å². The Morgan fingerprint density at radius 2 is 2.21 bits per heavy atom. The number of aromatic nitrogens is 1. The number of rotatable bonds is 1. The fourth-order valence-electron chi connectivity index (χ4n) is 1.54. The molecule has 0 aliphatic carbocycles. The Morgan fingerprint density at radius 1 is 1.43 bits per heavy atom. The zero-order valence-corrected chi connectivity index (χ0v) is 8.63. The number of pyridine rings is 1. The second-order valence-corrected chi connectivity index (χ2v) is 4.31. The number of nitriles is 1. The van der Waals surface area contributed by atoms with Gasteiger partial charge in [-0.25, -0.2) is 4.98 Å². The molecule has 1 fully saturated rings. The molecule has 4 heteroatoms. The van der Waals surface area contributed by atoms with Crippen molar-refractivity contribution < 1.29 is 0 Å². The van der Waals surface area contributed by atoms with Gasteiger partial charge in [0.2, 0.25) is 0 Å². The summed E-state index contributed by atoms with van der Waals surface area (Å²) in [7, 11) is 0. The van der Waals surface area contributed by atoms with Crippen LogP contribution in [0.5, 0.6) is 0 Å². The first-order valence-corrected chi connectivity index (χ1v) is 5.75. The van der Waals surface area contributed by atoms with E-state index in [0.29, 0.717) is 5.69 Å². The Morgan fingerprint density at radius 3 is 2.93 bits per heavy atom. The van der Waals surface area contributed by atoms with Crippen molar-refractivity contribution >= 4 is 17.4 Å². The molecule has 72 valence electrons. The summed E-state index contributed by atoms with van der Waals surface area (Å²) in [4.78, 5) is 6.30. The normalized spacial score (nSPS) is 16.4. The van der Waals surface area contributed by atoms with E-state index in [9.17, 15) is 0 Å². The van der Waals surface area contributed by atoms with Crippen molar-refractivity contribution in [3.63, 3.8) is 0 Å². The molecule has 0 bridgehead atoms. The molecule has 0 spiro atoms. The highest BCUT2D eigenvalue weighted by molar-refractivity contribution is 7.99. The molecule has 2 rings (SSSR count). The lowest BCUT2D eigenvalue weighted by Crippen LogP contribution is -2.33. The van der Waals surface area contributed by atoms with Crippen LogP contribution in [0.25, 0.3) is 0 Å². The molecule has 3 nitrogen and oxygen atoms in total. The lowest BCUT2D eigenvalue weighted by atomic mass is 10.2. The molecule has 1 aromatic rings. The summed E-state index contributed by atoms with van der Waals surface area (Å²) in [5.74, 6) is 2.28. The lowest BCUT2D eigenvalue weighted by molar-refractivity contribution is 0.852. The van der Waals surface area contributed by atoms with Crippen molar-refractivity contribution in [1.29, 1.82) is 5.26 Å². The van der Waals surface area contributed by atoms with Crippen LogP contribution in [-0.4, -0.2) is 29.6 Å². The van der Waals surface area contributed by atoms with Crippen LogP contribution in [0.2, 0.25) is 0 Å². The average molecular weight is 205 g/mol. The number of hydrogen-bond acceptors (Lipinski definition) is 4. The molecule has 0 radical (unpaired) electrons. The molecular weight excluding hydrogens is 194 g/mol. The minimum absolute atomic E-state index is 0.541. The smallest absolute Gasteiger partial charge is 0.163 e. The molecular formula is C10H11N3S. The maximum absolute atomic E-state index is 8.90. The molecule has 2 heterocycles. The van der Waals surface area contributed by atoms with E-state index < -0.39 is 0 Å². The van der Waals surface area contributed by atoms with Crippen LogP contribution in [0.3, 0.4) is 0 Å². The minimum Gasteiger partial charge on any atom is -0.368 e. The van der Waals surface area contributed by atoms with E-state index in [1.807, 2.05) is 23.9 Å². The number of anilines is 1. The average Bonchev–Trinajstić information content (AvgIpc) is 2.30. The van der Waals surface area contributed by atoms with Gasteiger partial charge in [0.05, 0.1) is 5.69 Å². The van der Waals surface area contributed by atoms with Gasteiger partial charge in [0.1, 0.15) is 6.07 Å². The predicted octanol–water partition coefficient (Wildman–Crippen LogP) is 1.51. The van der Waals surface area contributed by atoms with Crippen LogP contribution >= 0.6 is 11.8 Å². The van der Waals surface area contributed by atoms with Gasteiger partial charge < -0.3 is 4.90 Å². The summed E-state index contributed by atoms with van der Waals surface area (Å²) < 4.78 is 0. The van der Waals surface area contributed by atoms with Gasteiger partial charge in [-0.2, -0.15) is 17.0 Å². The number of nitrogens with zero attached hydrogens (tertiary/aromatic N) is 3. The summed E-state index contributed by atoms with van der Waals surface area (Å²) in [6, 6.07) is 5.99. The van der Waals surface area contributed by atoms with Gasteiger partial charge in [0.15, 0.2) is 5.69 Å². The van der Waals surface area contributed by atoms with Crippen molar-refractivity contribution in [1.82, 2.24) is 4.98 Å². The topological polar surface area (TPSA) is 39.9 Å². The van der Waals surface area contributed by atoms with Gasteiger partial charge >= 0.3 is 0 Å². The maximum atomic E-state index is 8.90. The monoisotopic (exact) mass is 205 g/mol. The van der Waals surface area contributed by atoms with Crippen LogP contribution in [-0.2, 0) is 0 Å². The predicted molar refractivity (Wildman–Crippen MR) is 58.5 cm³/mol. The highest BCUT2D eigenvalue weighted by atomic mass is 32.2. The summed E-state index contributed by atoms with van der Waals surface area (Å²) >= 11 is 1.96. The third-order valence-electron chi connectivity index (χ3n) is 2.24. The third kappa shape index (κ3) is 1.83. The van der Waals surface area contributed by atoms with Crippen LogP contribution < -0.4 is 4.90 Å². The van der Waals surface area contributed by atoms with E-state index in [4.69, 9.17) is 5.26 Å². The van der Waals surface area contributed by atoms with Gasteiger partial charge in [-0.3, -0.25) is 0 Å². The molecule has 0 N–H and O–H groups in total. The van der Waals surface area contributed by atoms with E-state index >= 15 is 0 Å². The highest BCUT2D eigenvalue weighted by Gasteiger charge is 2.14. The largest absolute Gasteiger partial charge is 0.368 e. The van der Waals surface area contributed by atoms with Gasteiger partial charge in [-0.05, 0) is 12.1 Å². The van der Waals surface area contributed by atoms with Crippen LogP contribution in [0.4, 0.5) is 5.69 Å². The number of thioether (sulfide) groups is 1. The molecule has 1 aliphatic heterocycles. The third-order valence-corrected chi connectivity index (χ3v) is 3.19. The lowest BCUT2D eigenvalue weighted by Gasteiger charge is -2.28. The summed E-state index contributed by atoms with van der Waals surface area (Å²) in [5, 5.41) is 8.90. The fraction of sp³-hybridized carbons (Fsp3) is 0.400. The van der Waals surface area contributed by atoms with Crippen LogP contribution in [0, 0.1) is 11.3 Å². The zero-order chi connectivity index (χ0) is 9.80. The summed E-state index contributed by atoms with van der Waals surface area (Å²) in [5.41, 5.74) is 1.52. The summed E-state index contributed by atoms with van der Waals surface area (Å²) in [6.45, 7) is 2.04. The molecule has 0 saturated carbocycles. The Bertz CT molecular complexity index is 353. The minimum atomic E-state index is 0.541. The number of hydrogen-bond donors (Lipinski definition) is 0. The van der Waals surface area contributed by atoms with E-state index in [0.717, 1.165) is 30.3 Å². The van der Waals surface area contributed by atoms with Crippen molar-refractivity contribution in [2.75, 3.05) is 29.5 Å².